The van der Waals surface area contributed by atoms with Crippen LogP contribution in [0, 0.1) is 11.3 Å². The summed E-state index contributed by atoms with van der Waals surface area (Å²) < 4.78 is 16.6. The number of ether oxygens (including phenoxy) is 3. The number of anilines is 1. The molecule has 0 saturated carbocycles. The molecule has 0 saturated heterocycles. The number of hydrogen-bond donors (Lipinski definition) is 1. The van der Waals surface area contributed by atoms with Crippen LogP contribution in [0.5, 0.6) is 17.2 Å². The summed E-state index contributed by atoms with van der Waals surface area (Å²) in [7, 11) is 0. The van der Waals surface area contributed by atoms with Gasteiger partial charge in [-0.25, -0.2) is 4.98 Å². The first-order valence-electron chi connectivity index (χ1n) is 9.47. The third kappa shape index (κ3) is 4.36. The molecule has 30 heavy (non-hydrogen) atoms. The van der Waals surface area contributed by atoms with E-state index in [0.717, 1.165) is 23.4 Å². The van der Waals surface area contributed by atoms with Crippen molar-refractivity contribution in [3.63, 3.8) is 0 Å². The van der Waals surface area contributed by atoms with Gasteiger partial charge in [0.25, 0.3) is 5.91 Å². The molecule has 1 amide bonds. The van der Waals surface area contributed by atoms with Crippen molar-refractivity contribution < 1.29 is 19.0 Å². The fourth-order valence-corrected chi connectivity index (χ4v) is 3.81. The Morgan fingerprint density at radius 1 is 1.27 bits per heavy atom. The number of nitrogens with zero attached hydrogens (tertiary/aromatic N) is 2. The molecule has 152 valence electrons. The molecular weight excluding hydrogens is 402 g/mol. The standard InChI is InChI=1S/C22H19N3O4S/c1-2-27-20-9-14(11-23)3-5-19(20)29-12-21(26)25-22-24-17(13-30-22)15-4-6-18-16(10-15)7-8-28-18/h3-6,9-10,13H,2,7-8,12H2,1H3,(H,24,25,26). The van der Waals surface area contributed by atoms with E-state index in [9.17, 15) is 4.79 Å². The summed E-state index contributed by atoms with van der Waals surface area (Å²) in [6.07, 6.45) is 0.896. The van der Waals surface area contributed by atoms with Gasteiger partial charge in [0.05, 0.1) is 30.5 Å². The Balaban J connectivity index is 1.38. The number of nitrogens with one attached hydrogen (secondary N) is 1. The number of thiazole rings is 1. The van der Waals surface area contributed by atoms with Crippen LogP contribution in [0.3, 0.4) is 0 Å². The number of nitriles is 1. The number of aromatic nitrogens is 1. The largest absolute Gasteiger partial charge is 0.493 e. The summed E-state index contributed by atoms with van der Waals surface area (Å²) in [6, 6.07) is 12.9. The molecule has 4 rings (SSSR count). The van der Waals surface area contributed by atoms with Crippen molar-refractivity contribution in [1.82, 2.24) is 4.98 Å². The molecule has 1 aromatic heterocycles. The van der Waals surface area contributed by atoms with Gasteiger partial charge in [0, 0.05) is 23.4 Å². The van der Waals surface area contributed by atoms with Gasteiger partial charge in [-0.3, -0.25) is 10.1 Å². The Bertz CT molecular complexity index is 1120. The lowest BCUT2D eigenvalue weighted by molar-refractivity contribution is -0.118. The molecule has 2 aromatic carbocycles. The average Bonchev–Trinajstić information content (AvgIpc) is 3.41. The predicted molar refractivity (Wildman–Crippen MR) is 113 cm³/mol. The van der Waals surface area contributed by atoms with Crippen LogP contribution in [0.1, 0.15) is 18.1 Å². The van der Waals surface area contributed by atoms with Gasteiger partial charge >= 0.3 is 0 Å². The van der Waals surface area contributed by atoms with Crippen molar-refractivity contribution in [2.45, 2.75) is 13.3 Å². The van der Waals surface area contributed by atoms with E-state index in [1.54, 1.807) is 18.2 Å². The number of rotatable bonds is 7. The minimum Gasteiger partial charge on any atom is -0.493 e. The van der Waals surface area contributed by atoms with Crippen LogP contribution in [-0.4, -0.2) is 30.7 Å². The summed E-state index contributed by atoms with van der Waals surface area (Å²) in [5.41, 5.74) is 3.43. The van der Waals surface area contributed by atoms with Crippen LogP contribution >= 0.6 is 11.3 Å². The molecule has 7 nitrogen and oxygen atoms in total. The van der Waals surface area contributed by atoms with Crippen molar-refractivity contribution in [2.75, 3.05) is 25.1 Å². The second-order valence-electron chi connectivity index (χ2n) is 6.50. The zero-order valence-electron chi connectivity index (χ0n) is 16.3. The Kier molecular flexibility index (Phi) is 5.82. The molecule has 1 N–H and O–H groups in total. The second-order valence-corrected chi connectivity index (χ2v) is 7.36. The third-order valence-corrected chi connectivity index (χ3v) is 5.22. The molecule has 0 fully saturated rings. The second kappa shape index (κ2) is 8.84. The first-order chi connectivity index (χ1) is 14.7. The molecule has 1 aliphatic heterocycles. The van der Waals surface area contributed by atoms with E-state index < -0.39 is 0 Å². The van der Waals surface area contributed by atoms with E-state index in [-0.39, 0.29) is 12.5 Å². The van der Waals surface area contributed by atoms with Crippen LogP contribution < -0.4 is 19.5 Å². The van der Waals surface area contributed by atoms with Gasteiger partial charge in [-0.1, -0.05) is 0 Å². The molecule has 2 heterocycles. The summed E-state index contributed by atoms with van der Waals surface area (Å²) in [6.45, 7) is 2.77. The molecular formula is C22H19N3O4S. The molecule has 0 bridgehead atoms. The van der Waals surface area contributed by atoms with Gasteiger partial charge in [-0.05, 0) is 42.8 Å². The maximum Gasteiger partial charge on any atom is 0.264 e. The number of hydrogen-bond acceptors (Lipinski definition) is 7. The monoisotopic (exact) mass is 421 g/mol. The maximum absolute atomic E-state index is 12.3. The lowest BCUT2D eigenvalue weighted by atomic mass is 10.1. The number of carbonyl (C=O) groups is 1. The van der Waals surface area contributed by atoms with Crippen molar-refractivity contribution in [3.05, 3.63) is 52.9 Å². The van der Waals surface area contributed by atoms with Crippen molar-refractivity contribution in [1.29, 1.82) is 5.26 Å². The van der Waals surface area contributed by atoms with E-state index in [0.29, 0.717) is 35.4 Å². The normalized spacial score (nSPS) is 11.9. The molecule has 8 heteroatoms. The minimum absolute atomic E-state index is 0.197. The summed E-state index contributed by atoms with van der Waals surface area (Å²) >= 11 is 1.35. The highest BCUT2D eigenvalue weighted by molar-refractivity contribution is 7.14. The quantitative estimate of drug-likeness (QED) is 0.619. The molecule has 0 atom stereocenters. The number of fused-ring (bicyclic) bond motifs is 1. The van der Waals surface area contributed by atoms with E-state index in [1.165, 1.54) is 16.9 Å². The fourth-order valence-electron chi connectivity index (χ4n) is 3.07. The van der Waals surface area contributed by atoms with E-state index >= 15 is 0 Å². The maximum atomic E-state index is 12.3. The molecule has 0 unspecified atom stereocenters. The van der Waals surface area contributed by atoms with Crippen LogP contribution in [0.15, 0.2) is 41.8 Å². The fraction of sp³-hybridized carbons (Fsp3) is 0.227. The first kappa shape index (κ1) is 19.7. The average molecular weight is 421 g/mol. The highest BCUT2D eigenvalue weighted by Crippen LogP contribution is 2.32. The number of benzene rings is 2. The van der Waals surface area contributed by atoms with Crippen LogP contribution in [0.4, 0.5) is 5.13 Å². The van der Waals surface area contributed by atoms with Gasteiger partial charge in [0.1, 0.15) is 5.75 Å². The van der Waals surface area contributed by atoms with Gasteiger partial charge in [0.2, 0.25) is 0 Å². The topological polar surface area (TPSA) is 93.5 Å². The molecule has 0 spiro atoms. The van der Waals surface area contributed by atoms with Crippen molar-refractivity contribution >= 4 is 22.4 Å². The number of amides is 1. The lowest BCUT2D eigenvalue weighted by Gasteiger charge is -2.11. The Hall–Kier alpha value is -3.57. The SMILES string of the molecule is CCOc1cc(C#N)ccc1OCC(=O)Nc1nc(-c2ccc3c(c2)CCO3)cs1. The van der Waals surface area contributed by atoms with Crippen LogP contribution in [0.2, 0.25) is 0 Å². The third-order valence-electron chi connectivity index (χ3n) is 4.47. The smallest absolute Gasteiger partial charge is 0.264 e. The van der Waals surface area contributed by atoms with Crippen LogP contribution in [-0.2, 0) is 11.2 Å². The van der Waals surface area contributed by atoms with Gasteiger partial charge in [-0.15, -0.1) is 11.3 Å². The Morgan fingerprint density at radius 3 is 3.00 bits per heavy atom. The van der Waals surface area contributed by atoms with Gasteiger partial charge < -0.3 is 14.2 Å². The highest BCUT2D eigenvalue weighted by atomic mass is 32.1. The van der Waals surface area contributed by atoms with E-state index in [1.807, 2.05) is 24.4 Å². The molecule has 0 radical (unpaired) electrons. The van der Waals surface area contributed by atoms with Crippen molar-refractivity contribution in [3.8, 4) is 34.6 Å². The zero-order valence-corrected chi connectivity index (χ0v) is 17.1. The molecule has 0 aliphatic carbocycles. The highest BCUT2D eigenvalue weighted by Gasteiger charge is 2.15. The molecule has 3 aromatic rings. The van der Waals surface area contributed by atoms with E-state index in [4.69, 9.17) is 19.5 Å². The first-order valence-corrected chi connectivity index (χ1v) is 10.4. The lowest BCUT2D eigenvalue weighted by Crippen LogP contribution is -2.20. The summed E-state index contributed by atoms with van der Waals surface area (Å²) in [5.74, 6) is 1.44. The minimum atomic E-state index is -0.329. The summed E-state index contributed by atoms with van der Waals surface area (Å²) in [4.78, 5) is 16.8. The Labute approximate surface area is 177 Å². The molecule has 1 aliphatic rings. The van der Waals surface area contributed by atoms with Gasteiger partial charge in [0.15, 0.2) is 23.2 Å². The van der Waals surface area contributed by atoms with E-state index in [2.05, 4.69) is 22.4 Å². The summed E-state index contributed by atoms with van der Waals surface area (Å²) in [5, 5.41) is 14.2. The van der Waals surface area contributed by atoms with Gasteiger partial charge in [-0.2, -0.15) is 5.26 Å². The van der Waals surface area contributed by atoms with Crippen LogP contribution in [0.25, 0.3) is 11.3 Å². The zero-order chi connectivity index (χ0) is 20.9. The Morgan fingerprint density at radius 2 is 2.17 bits per heavy atom. The van der Waals surface area contributed by atoms with Crippen molar-refractivity contribution in [2.24, 2.45) is 0 Å². The predicted octanol–water partition coefficient (Wildman–Crippen LogP) is 4.03. The number of carbonyl (C=O) groups excluding carboxylic acids is 1.